The van der Waals surface area contributed by atoms with Gasteiger partial charge in [0.05, 0.1) is 21.8 Å². The van der Waals surface area contributed by atoms with Crippen LogP contribution in [0.5, 0.6) is 0 Å². The number of thiazole rings is 1. The molecule has 2 aromatic heterocycles. The molecule has 0 spiro atoms. The SMILES string of the molecule is CC(C)(C)c1ccc(C2CC(c3cc(Cl)sc3Cl)=NN2c2nc(-c3ccccc3)cs2)cc1. The summed E-state index contributed by atoms with van der Waals surface area (Å²) in [5.41, 5.74) is 6.52. The van der Waals surface area contributed by atoms with E-state index in [0.29, 0.717) is 8.67 Å². The van der Waals surface area contributed by atoms with Gasteiger partial charge in [0.15, 0.2) is 0 Å². The predicted molar refractivity (Wildman–Crippen MR) is 143 cm³/mol. The minimum absolute atomic E-state index is 0.0403. The third-order valence-electron chi connectivity index (χ3n) is 5.80. The van der Waals surface area contributed by atoms with Gasteiger partial charge in [-0.1, -0.05) is 98.6 Å². The van der Waals surface area contributed by atoms with E-state index in [9.17, 15) is 0 Å². The van der Waals surface area contributed by atoms with Crippen LogP contribution in [-0.4, -0.2) is 10.7 Å². The Kier molecular flexibility index (Phi) is 6.08. The van der Waals surface area contributed by atoms with E-state index in [2.05, 4.69) is 62.5 Å². The molecule has 0 amide bonds. The van der Waals surface area contributed by atoms with E-state index in [4.69, 9.17) is 33.3 Å². The molecule has 1 atom stereocenters. The third-order valence-corrected chi connectivity index (χ3v) is 8.11. The van der Waals surface area contributed by atoms with Crippen molar-refractivity contribution >= 4 is 56.7 Å². The maximum atomic E-state index is 6.49. The molecule has 0 bridgehead atoms. The molecule has 1 aliphatic heterocycles. The first-order valence-electron chi connectivity index (χ1n) is 10.7. The lowest BCUT2D eigenvalue weighted by molar-refractivity contribution is 0.589. The lowest BCUT2D eigenvalue weighted by Crippen LogP contribution is -2.19. The van der Waals surface area contributed by atoms with Crippen LogP contribution in [0.3, 0.4) is 0 Å². The summed E-state index contributed by atoms with van der Waals surface area (Å²) in [4.78, 5) is 4.93. The smallest absolute Gasteiger partial charge is 0.207 e. The van der Waals surface area contributed by atoms with Gasteiger partial charge in [0, 0.05) is 22.9 Å². The molecule has 0 saturated heterocycles. The van der Waals surface area contributed by atoms with Gasteiger partial charge in [-0.3, -0.25) is 0 Å². The molecule has 0 fully saturated rings. The number of benzene rings is 2. The van der Waals surface area contributed by atoms with E-state index in [1.54, 1.807) is 11.3 Å². The summed E-state index contributed by atoms with van der Waals surface area (Å²) in [6.07, 6.45) is 0.738. The van der Waals surface area contributed by atoms with Gasteiger partial charge < -0.3 is 0 Å². The molecule has 5 rings (SSSR count). The summed E-state index contributed by atoms with van der Waals surface area (Å²) in [7, 11) is 0. The Hall–Kier alpha value is -2.18. The summed E-state index contributed by atoms with van der Waals surface area (Å²) in [5, 5.41) is 10.00. The first-order chi connectivity index (χ1) is 15.8. The average molecular weight is 513 g/mol. The Balaban J connectivity index is 1.54. The Morgan fingerprint density at radius 1 is 1.00 bits per heavy atom. The van der Waals surface area contributed by atoms with Gasteiger partial charge in [0.25, 0.3) is 0 Å². The fourth-order valence-corrected chi connectivity index (χ4v) is 6.30. The highest BCUT2D eigenvalue weighted by Crippen LogP contribution is 2.42. The summed E-state index contributed by atoms with van der Waals surface area (Å²) >= 11 is 15.7. The van der Waals surface area contributed by atoms with Crippen molar-refractivity contribution in [1.29, 1.82) is 0 Å². The van der Waals surface area contributed by atoms with E-state index < -0.39 is 0 Å². The van der Waals surface area contributed by atoms with Crippen molar-refractivity contribution in [3.63, 3.8) is 0 Å². The number of anilines is 1. The molecular formula is C26H23Cl2N3S2. The Bertz CT molecular complexity index is 1300. The number of hydrazone groups is 1. The molecule has 0 saturated carbocycles. The number of aromatic nitrogens is 1. The molecule has 7 heteroatoms. The number of halogens is 2. The Morgan fingerprint density at radius 2 is 1.73 bits per heavy atom. The third kappa shape index (κ3) is 4.60. The van der Waals surface area contributed by atoms with E-state index in [-0.39, 0.29) is 11.5 Å². The second kappa shape index (κ2) is 8.88. The van der Waals surface area contributed by atoms with Crippen LogP contribution in [0.2, 0.25) is 8.67 Å². The molecule has 0 aliphatic carbocycles. The number of nitrogens with zero attached hydrogens (tertiary/aromatic N) is 3. The van der Waals surface area contributed by atoms with E-state index >= 15 is 0 Å². The maximum absolute atomic E-state index is 6.49. The van der Waals surface area contributed by atoms with Gasteiger partial charge in [-0.2, -0.15) is 5.10 Å². The van der Waals surface area contributed by atoms with Gasteiger partial charge >= 0.3 is 0 Å². The van der Waals surface area contributed by atoms with Crippen LogP contribution in [0.4, 0.5) is 5.13 Å². The van der Waals surface area contributed by atoms with E-state index in [0.717, 1.165) is 34.1 Å². The zero-order valence-corrected chi connectivity index (χ0v) is 21.7. The highest BCUT2D eigenvalue weighted by Gasteiger charge is 2.33. The molecule has 3 nitrogen and oxygen atoms in total. The van der Waals surface area contributed by atoms with Gasteiger partial charge in [-0.05, 0) is 22.6 Å². The van der Waals surface area contributed by atoms with Crippen LogP contribution in [-0.2, 0) is 5.41 Å². The normalized spacial score (nSPS) is 16.3. The first kappa shape index (κ1) is 22.6. The van der Waals surface area contributed by atoms with Crippen LogP contribution >= 0.6 is 45.9 Å². The molecule has 4 aromatic rings. The van der Waals surface area contributed by atoms with E-state index in [1.165, 1.54) is 22.5 Å². The van der Waals surface area contributed by atoms with Crippen LogP contribution < -0.4 is 5.01 Å². The van der Waals surface area contributed by atoms with Gasteiger partial charge in [0.2, 0.25) is 5.13 Å². The zero-order valence-electron chi connectivity index (χ0n) is 18.5. The summed E-state index contributed by atoms with van der Waals surface area (Å²) in [5.74, 6) is 0. The molecule has 3 heterocycles. The summed E-state index contributed by atoms with van der Waals surface area (Å²) in [6.45, 7) is 6.69. The Morgan fingerprint density at radius 3 is 2.36 bits per heavy atom. The van der Waals surface area contributed by atoms with Crippen LogP contribution in [0, 0.1) is 0 Å². The van der Waals surface area contributed by atoms with Gasteiger partial charge in [-0.25, -0.2) is 9.99 Å². The average Bonchev–Trinajstić information content (AvgIpc) is 3.52. The lowest BCUT2D eigenvalue weighted by Gasteiger charge is -2.23. The summed E-state index contributed by atoms with van der Waals surface area (Å²) < 4.78 is 1.34. The summed E-state index contributed by atoms with van der Waals surface area (Å²) in [6, 6.07) is 21.0. The predicted octanol–water partition coefficient (Wildman–Crippen LogP) is 8.83. The van der Waals surface area contributed by atoms with Crippen molar-refractivity contribution in [2.45, 2.75) is 38.6 Å². The van der Waals surface area contributed by atoms with Crippen molar-refractivity contribution in [1.82, 2.24) is 4.98 Å². The van der Waals surface area contributed by atoms with Crippen LogP contribution in [0.15, 0.2) is 71.1 Å². The molecule has 1 unspecified atom stereocenters. The quantitative estimate of drug-likeness (QED) is 0.273. The fourth-order valence-electron chi connectivity index (χ4n) is 3.96. The number of thiophene rings is 1. The standard InChI is InChI=1S/C26H23Cl2N3S2/c1-26(2,3)18-11-9-17(10-12-18)22-14-20(19-13-23(27)33-24(19)28)30-31(22)25-29-21(15-32-25)16-7-5-4-6-8-16/h4-13,15,22H,14H2,1-3H3. The topological polar surface area (TPSA) is 28.5 Å². The highest BCUT2D eigenvalue weighted by atomic mass is 35.5. The van der Waals surface area contributed by atoms with Crippen molar-refractivity contribution < 1.29 is 0 Å². The molecule has 0 radical (unpaired) electrons. The fraction of sp³-hybridized carbons (Fsp3) is 0.231. The van der Waals surface area contributed by atoms with Crippen molar-refractivity contribution in [3.05, 3.63) is 91.4 Å². The molecular weight excluding hydrogens is 489 g/mol. The molecule has 0 N–H and O–H groups in total. The monoisotopic (exact) mass is 511 g/mol. The molecule has 1 aliphatic rings. The molecule has 168 valence electrons. The lowest BCUT2D eigenvalue weighted by atomic mass is 9.86. The van der Waals surface area contributed by atoms with Gasteiger partial charge in [-0.15, -0.1) is 22.7 Å². The van der Waals surface area contributed by atoms with Crippen molar-refractivity contribution in [2.75, 3.05) is 5.01 Å². The van der Waals surface area contributed by atoms with E-state index in [1.807, 2.05) is 29.3 Å². The zero-order chi connectivity index (χ0) is 23.2. The maximum Gasteiger partial charge on any atom is 0.207 e. The second-order valence-corrected chi connectivity index (χ2v) is 12.2. The number of hydrogen-bond donors (Lipinski definition) is 0. The number of rotatable bonds is 4. The minimum atomic E-state index is 0.0403. The number of hydrogen-bond acceptors (Lipinski definition) is 5. The van der Waals surface area contributed by atoms with Crippen LogP contribution in [0.1, 0.15) is 49.9 Å². The minimum Gasteiger partial charge on any atom is -0.231 e. The highest BCUT2D eigenvalue weighted by molar-refractivity contribution is 7.20. The molecule has 2 aromatic carbocycles. The largest absolute Gasteiger partial charge is 0.231 e. The van der Waals surface area contributed by atoms with Crippen LogP contribution in [0.25, 0.3) is 11.3 Å². The van der Waals surface area contributed by atoms with Crippen molar-refractivity contribution in [3.8, 4) is 11.3 Å². The first-order valence-corrected chi connectivity index (χ1v) is 13.2. The van der Waals surface area contributed by atoms with Crippen molar-refractivity contribution in [2.24, 2.45) is 5.10 Å². The van der Waals surface area contributed by atoms with Gasteiger partial charge in [0.1, 0.15) is 4.34 Å². The molecule has 33 heavy (non-hydrogen) atoms. The second-order valence-electron chi connectivity index (χ2n) is 9.10. The Labute approximate surface area is 212 Å².